The van der Waals surface area contributed by atoms with Gasteiger partial charge in [-0.05, 0) is 11.6 Å². The van der Waals surface area contributed by atoms with E-state index in [9.17, 15) is 22.8 Å². The number of halogens is 3. The fourth-order valence-corrected chi connectivity index (χ4v) is 2.22. The van der Waals surface area contributed by atoms with Crippen molar-refractivity contribution in [3.05, 3.63) is 35.1 Å². The Bertz CT molecular complexity index is 705. The van der Waals surface area contributed by atoms with E-state index in [1.54, 1.807) is 24.5 Å². The molecule has 2 aromatic heterocycles. The highest BCUT2D eigenvalue weighted by Gasteiger charge is 2.35. The lowest BCUT2D eigenvalue weighted by molar-refractivity contribution is -0.138. The van der Waals surface area contributed by atoms with Gasteiger partial charge in [0, 0.05) is 31.8 Å². The van der Waals surface area contributed by atoms with E-state index < -0.39 is 17.1 Å². The van der Waals surface area contributed by atoms with Gasteiger partial charge in [0.15, 0.2) is 0 Å². The molecule has 0 aliphatic carbocycles. The Morgan fingerprint density at radius 3 is 2.54 bits per heavy atom. The van der Waals surface area contributed by atoms with Crippen molar-refractivity contribution in [3.8, 4) is 0 Å². The molecule has 24 heavy (non-hydrogen) atoms. The lowest BCUT2D eigenvalue weighted by atomic mass is 10.2. The number of rotatable bonds is 6. The molecule has 0 unspecified atom stereocenters. The van der Waals surface area contributed by atoms with Crippen molar-refractivity contribution in [2.45, 2.75) is 25.6 Å². The van der Waals surface area contributed by atoms with E-state index in [1.807, 2.05) is 0 Å². The first-order valence-corrected chi connectivity index (χ1v) is 7.52. The predicted octanol–water partition coefficient (Wildman–Crippen LogP) is 1.99. The Balaban J connectivity index is 1.72. The quantitative estimate of drug-likeness (QED) is 0.822. The van der Waals surface area contributed by atoms with Crippen LogP contribution in [0.15, 0.2) is 24.5 Å². The van der Waals surface area contributed by atoms with Crippen LogP contribution in [0, 0.1) is 0 Å². The number of anilines is 1. The molecule has 0 fully saturated rings. The smallest absolute Gasteiger partial charge is 0.352 e. The molecule has 2 heterocycles. The maximum absolute atomic E-state index is 12.4. The zero-order chi connectivity index (χ0) is 17.6. The van der Waals surface area contributed by atoms with Crippen molar-refractivity contribution in [3.63, 3.8) is 0 Å². The van der Waals surface area contributed by atoms with Crippen molar-refractivity contribution in [2.75, 3.05) is 5.32 Å². The van der Waals surface area contributed by atoms with Crippen LogP contribution in [-0.2, 0) is 22.3 Å². The molecule has 2 N–H and O–H groups in total. The number of hydrogen-bond donors (Lipinski definition) is 2. The van der Waals surface area contributed by atoms with Gasteiger partial charge < -0.3 is 10.6 Å². The second-order valence-corrected chi connectivity index (χ2v) is 5.57. The van der Waals surface area contributed by atoms with E-state index >= 15 is 0 Å². The summed E-state index contributed by atoms with van der Waals surface area (Å²) < 4.78 is 37.1. The zero-order valence-corrected chi connectivity index (χ0v) is 12.9. The topological polar surface area (TPSA) is 96.9 Å². The van der Waals surface area contributed by atoms with Gasteiger partial charge in [-0.15, -0.1) is 10.2 Å². The standard InChI is InChI=1S/C13H12F3N5O2S/c14-13(15,16)11-20-21-12(24-11)19-10(23)4-3-9(22)18-7-8-2-1-5-17-6-8/h1-2,5-6H,3-4,7H2,(H,18,22)(H,19,21,23). The number of amides is 2. The molecule has 0 aromatic carbocycles. The molecule has 0 saturated carbocycles. The highest BCUT2D eigenvalue weighted by Crippen LogP contribution is 2.32. The minimum Gasteiger partial charge on any atom is -0.352 e. The molecule has 0 aliphatic rings. The summed E-state index contributed by atoms with van der Waals surface area (Å²) in [5, 5.41) is 9.56. The summed E-state index contributed by atoms with van der Waals surface area (Å²) in [6, 6.07) is 3.51. The van der Waals surface area contributed by atoms with E-state index in [0.717, 1.165) is 5.56 Å². The van der Waals surface area contributed by atoms with Crippen LogP contribution in [0.2, 0.25) is 0 Å². The maximum atomic E-state index is 12.4. The zero-order valence-electron chi connectivity index (χ0n) is 12.1. The minimum atomic E-state index is -4.60. The third kappa shape index (κ3) is 5.57. The Kier molecular flexibility index (Phi) is 5.79. The van der Waals surface area contributed by atoms with E-state index in [2.05, 4.69) is 25.8 Å². The molecule has 128 valence electrons. The van der Waals surface area contributed by atoms with Crippen LogP contribution in [0.3, 0.4) is 0 Å². The predicted molar refractivity (Wildman–Crippen MR) is 78.9 cm³/mol. The molecular weight excluding hydrogens is 347 g/mol. The summed E-state index contributed by atoms with van der Waals surface area (Å²) in [5.41, 5.74) is 0.809. The van der Waals surface area contributed by atoms with Gasteiger partial charge in [0.25, 0.3) is 0 Å². The van der Waals surface area contributed by atoms with Gasteiger partial charge in [0.2, 0.25) is 22.0 Å². The molecule has 0 atom stereocenters. The fourth-order valence-electron chi connectivity index (χ4n) is 1.59. The summed E-state index contributed by atoms with van der Waals surface area (Å²) in [6.45, 7) is 0.277. The van der Waals surface area contributed by atoms with Gasteiger partial charge >= 0.3 is 6.18 Å². The van der Waals surface area contributed by atoms with Crippen LogP contribution in [0.4, 0.5) is 18.3 Å². The van der Waals surface area contributed by atoms with Crippen molar-refractivity contribution < 1.29 is 22.8 Å². The summed E-state index contributed by atoms with van der Waals surface area (Å²) in [5.74, 6) is -0.973. The van der Waals surface area contributed by atoms with E-state index in [0.29, 0.717) is 0 Å². The number of carbonyl (C=O) groups excluding carboxylic acids is 2. The molecule has 2 rings (SSSR count). The second kappa shape index (κ2) is 7.81. The lowest BCUT2D eigenvalue weighted by Crippen LogP contribution is -2.24. The van der Waals surface area contributed by atoms with Crippen LogP contribution in [0.5, 0.6) is 0 Å². The Morgan fingerprint density at radius 2 is 1.92 bits per heavy atom. The maximum Gasteiger partial charge on any atom is 0.445 e. The summed E-state index contributed by atoms with van der Waals surface area (Å²) in [4.78, 5) is 27.1. The van der Waals surface area contributed by atoms with Crippen molar-refractivity contribution in [2.24, 2.45) is 0 Å². The average Bonchev–Trinajstić information content (AvgIpc) is 3.00. The largest absolute Gasteiger partial charge is 0.445 e. The van der Waals surface area contributed by atoms with Crippen LogP contribution >= 0.6 is 11.3 Å². The summed E-state index contributed by atoms with van der Waals surface area (Å²) in [7, 11) is 0. The number of carbonyl (C=O) groups is 2. The highest BCUT2D eigenvalue weighted by molar-refractivity contribution is 7.15. The van der Waals surface area contributed by atoms with Gasteiger partial charge in [0.05, 0.1) is 0 Å². The molecule has 2 aromatic rings. The molecule has 0 radical (unpaired) electrons. The third-order valence-corrected chi connectivity index (χ3v) is 3.59. The first kappa shape index (κ1) is 17.8. The average molecular weight is 359 g/mol. The monoisotopic (exact) mass is 359 g/mol. The summed E-state index contributed by atoms with van der Waals surface area (Å²) >= 11 is 0.223. The van der Waals surface area contributed by atoms with Crippen LogP contribution in [-0.4, -0.2) is 27.0 Å². The van der Waals surface area contributed by atoms with Gasteiger partial charge in [-0.1, -0.05) is 17.4 Å². The number of nitrogens with one attached hydrogen (secondary N) is 2. The van der Waals surface area contributed by atoms with Crippen molar-refractivity contribution in [1.29, 1.82) is 0 Å². The molecule has 0 saturated heterocycles. The normalized spacial score (nSPS) is 11.1. The van der Waals surface area contributed by atoms with Crippen molar-refractivity contribution in [1.82, 2.24) is 20.5 Å². The lowest BCUT2D eigenvalue weighted by Gasteiger charge is -2.05. The van der Waals surface area contributed by atoms with Gasteiger partial charge in [0.1, 0.15) is 0 Å². The van der Waals surface area contributed by atoms with Crippen molar-refractivity contribution >= 4 is 28.3 Å². The first-order chi connectivity index (χ1) is 11.3. The van der Waals surface area contributed by atoms with Gasteiger partial charge in [-0.2, -0.15) is 13.2 Å². The number of nitrogens with zero attached hydrogens (tertiary/aromatic N) is 3. The Morgan fingerprint density at radius 1 is 1.17 bits per heavy atom. The molecule has 11 heteroatoms. The highest BCUT2D eigenvalue weighted by atomic mass is 32.1. The van der Waals surface area contributed by atoms with Crippen LogP contribution in [0.25, 0.3) is 0 Å². The Labute approximate surface area is 138 Å². The molecule has 0 bridgehead atoms. The number of alkyl halides is 3. The SMILES string of the molecule is O=C(CCC(=O)Nc1nnc(C(F)(F)F)s1)NCc1cccnc1. The van der Waals surface area contributed by atoms with E-state index in [-0.39, 0.29) is 41.8 Å². The molecule has 7 nitrogen and oxygen atoms in total. The molecule has 0 spiro atoms. The molecule has 2 amide bonds. The van der Waals surface area contributed by atoms with Crippen LogP contribution in [0.1, 0.15) is 23.4 Å². The number of hydrogen-bond acceptors (Lipinski definition) is 6. The van der Waals surface area contributed by atoms with E-state index in [4.69, 9.17) is 0 Å². The molecular formula is C13H12F3N5O2S. The summed E-state index contributed by atoms with van der Waals surface area (Å²) in [6.07, 6.45) is -1.68. The number of aromatic nitrogens is 3. The minimum absolute atomic E-state index is 0.100. The second-order valence-electron chi connectivity index (χ2n) is 4.60. The third-order valence-electron chi connectivity index (χ3n) is 2.71. The molecule has 0 aliphatic heterocycles. The van der Waals surface area contributed by atoms with E-state index in [1.165, 1.54) is 0 Å². The first-order valence-electron chi connectivity index (χ1n) is 6.71. The Hall–Kier alpha value is -2.56. The van der Waals surface area contributed by atoms with Gasteiger partial charge in [-0.3, -0.25) is 14.6 Å². The van der Waals surface area contributed by atoms with Crippen LogP contribution < -0.4 is 10.6 Å². The number of pyridine rings is 1. The van der Waals surface area contributed by atoms with Gasteiger partial charge in [-0.25, -0.2) is 0 Å². The fraction of sp³-hybridized carbons (Fsp3) is 0.308.